The second kappa shape index (κ2) is 6.85. The molecule has 8 heteroatoms. The van der Waals surface area contributed by atoms with E-state index in [1.165, 1.54) is 6.07 Å². The number of hydrogen-bond acceptors (Lipinski definition) is 7. The molecule has 0 saturated carbocycles. The Morgan fingerprint density at radius 3 is 2.57 bits per heavy atom. The van der Waals surface area contributed by atoms with E-state index in [2.05, 4.69) is 10.2 Å². The van der Waals surface area contributed by atoms with E-state index in [9.17, 15) is 9.67 Å². The molecule has 0 amide bonds. The van der Waals surface area contributed by atoms with Gasteiger partial charge in [0, 0.05) is 5.56 Å². The van der Waals surface area contributed by atoms with Crippen LogP contribution in [0.15, 0.2) is 28.7 Å². The van der Waals surface area contributed by atoms with Crippen molar-refractivity contribution >= 4 is 7.60 Å². The monoisotopic (exact) mass is 312 g/mol. The van der Waals surface area contributed by atoms with Crippen LogP contribution in [0.1, 0.15) is 19.7 Å². The van der Waals surface area contributed by atoms with E-state index in [1.54, 1.807) is 32.0 Å². The van der Waals surface area contributed by atoms with Gasteiger partial charge < -0.3 is 18.6 Å². The highest BCUT2D eigenvalue weighted by Crippen LogP contribution is 2.51. The lowest BCUT2D eigenvalue weighted by atomic mass is 10.2. The van der Waals surface area contributed by atoms with Crippen LogP contribution in [-0.2, 0) is 19.8 Å². The van der Waals surface area contributed by atoms with Crippen LogP contribution in [0, 0.1) is 0 Å². The summed E-state index contributed by atoms with van der Waals surface area (Å²) in [5.74, 6) is 0.501. The van der Waals surface area contributed by atoms with Crippen molar-refractivity contribution in [2.24, 2.45) is 0 Å². The summed E-state index contributed by atoms with van der Waals surface area (Å²) in [7, 11) is -3.27. The Kier molecular flexibility index (Phi) is 5.12. The zero-order valence-corrected chi connectivity index (χ0v) is 12.7. The largest absolute Gasteiger partial charge is 0.508 e. The van der Waals surface area contributed by atoms with Gasteiger partial charge in [-0.25, -0.2) is 0 Å². The minimum Gasteiger partial charge on any atom is -0.508 e. The molecule has 7 nitrogen and oxygen atoms in total. The maximum Gasteiger partial charge on any atom is 0.339 e. The van der Waals surface area contributed by atoms with Gasteiger partial charge in [-0.15, -0.1) is 10.2 Å². The van der Waals surface area contributed by atoms with Crippen molar-refractivity contribution in [1.29, 1.82) is 0 Å². The molecule has 0 aliphatic rings. The van der Waals surface area contributed by atoms with Crippen molar-refractivity contribution in [3.8, 4) is 17.2 Å². The minimum atomic E-state index is -3.27. The molecule has 0 spiro atoms. The molecule has 0 radical (unpaired) electrons. The topological polar surface area (TPSA) is 94.7 Å². The molecule has 21 heavy (non-hydrogen) atoms. The fraction of sp³-hybridized carbons (Fsp3) is 0.385. The van der Waals surface area contributed by atoms with Gasteiger partial charge in [-0.05, 0) is 32.0 Å². The first-order valence-electron chi connectivity index (χ1n) is 6.56. The van der Waals surface area contributed by atoms with E-state index in [-0.39, 0.29) is 36.9 Å². The average Bonchev–Trinajstić information content (AvgIpc) is 2.87. The van der Waals surface area contributed by atoms with E-state index in [0.717, 1.165) is 0 Å². The van der Waals surface area contributed by atoms with E-state index < -0.39 is 7.60 Å². The molecule has 2 aromatic rings. The van der Waals surface area contributed by atoms with Crippen LogP contribution in [0.3, 0.4) is 0 Å². The molecule has 114 valence electrons. The molecular weight excluding hydrogens is 295 g/mol. The Bertz CT molecular complexity index is 633. The number of nitrogens with zero attached hydrogens (tertiary/aromatic N) is 2. The number of phenols is 1. The first kappa shape index (κ1) is 15.7. The zero-order valence-electron chi connectivity index (χ0n) is 11.9. The second-order valence-corrected chi connectivity index (χ2v) is 6.21. The summed E-state index contributed by atoms with van der Waals surface area (Å²) < 4.78 is 28.2. The summed E-state index contributed by atoms with van der Waals surface area (Å²) in [6, 6.07) is 6.43. The zero-order chi connectivity index (χ0) is 15.3. The lowest BCUT2D eigenvalue weighted by Crippen LogP contribution is -1.99. The SMILES string of the molecule is CCOP(=O)(Cc1nnc(-c2cccc(O)c2)o1)OCC. The van der Waals surface area contributed by atoms with Crippen LogP contribution in [0.25, 0.3) is 11.5 Å². The van der Waals surface area contributed by atoms with Crippen LogP contribution in [0.4, 0.5) is 0 Å². The molecule has 1 heterocycles. The molecule has 0 aliphatic heterocycles. The molecule has 1 N–H and O–H groups in total. The first-order chi connectivity index (χ1) is 10.1. The van der Waals surface area contributed by atoms with Crippen LogP contribution < -0.4 is 0 Å². The van der Waals surface area contributed by atoms with Gasteiger partial charge in [-0.3, -0.25) is 4.57 Å². The van der Waals surface area contributed by atoms with Crippen molar-refractivity contribution in [2.75, 3.05) is 13.2 Å². The van der Waals surface area contributed by atoms with E-state index >= 15 is 0 Å². The van der Waals surface area contributed by atoms with Crippen molar-refractivity contribution in [3.63, 3.8) is 0 Å². The smallest absolute Gasteiger partial charge is 0.339 e. The normalized spacial score (nSPS) is 11.7. The first-order valence-corrected chi connectivity index (χ1v) is 8.29. The summed E-state index contributed by atoms with van der Waals surface area (Å²) >= 11 is 0. The maximum atomic E-state index is 12.4. The molecular formula is C13H17N2O5P. The Balaban J connectivity index is 2.18. The number of benzene rings is 1. The van der Waals surface area contributed by atoms with Crippen molar-refractivity contribution in [3.05, 3.63) is 30.2 Å². The van der Waals surface area contributed by atoms with E-state index in [4.69, 9.17) is 13.5 Å². The molecule has 1 aromatic carbocycles. The second-order valence-electron chi connectivity index (χ2n) is 4.16. The third kappa shape index (κ3) is 4.14. The van der Waals surface area contributed by atoms with Gasteiger partial charge in [0.15, 0.2) is 0 Å². The van der Waals surface area contributed by atoms with E-state index in [1.807, 2.05) is 0 Å². The summed E-state index contributed by atoms with van der Waals surface area (Å²) in [5.41, 5.74) is 0.580. The highest BCUT2D eigenvalue weighted by Gasteiger charge is 2.27. The summed E-state index contributed by atoms with van der Waals surface area (Å²) in [5, 5.41) is 17.1. The number of rotatable bonds is 7. The summed E-state index contributed by atoms with van der Waals surface area (Å²) in [6.45, 7) is 4.00. The standard InChI is InChI=1S/C13H17N2O5P/c1-3-18-21(17,19-4-2)9-12-14-15-13(20-12)10-6-5-7-11(16)8-10/h5-8,16H,3-4,9H2,1-2H3. The van der Waals surface area contributed by atoms with Crippen LogP contribution in [0.5, 0.6) is 5.75 Å². The molecule has 0 aliphatic carbocycles. The van der Waals surface area contributed by atoms with Crippen LogP contribution in [0.2, 0.25) is 0 Å². The lowest BCUT2D eigenvalue weighted by Gasteiger charge is -2.14. The Labute approximate surface area is 122 Å². The van der Waals surface area contributed by atoms with Gasteiger partial charge in [-0.1, -0.05) is 6.07 Å². The van der Waals surface area contributed by atoms with Crippen LogP contribution >= 0.6 is 7.60 Å². The van der Waals surface area contributed by atoms with Crippen LogP contribution in [-0.4, -0.2) is 28.5 Å². The predicted octanol–water partition coefficient (Wildman–Crippen LogP) is 3.21. The van der Waals surface area contributed by atoms with Gasteiger partial charge in [0.2, 0.25) is 11.8 Å². The van der Waals surface area contributed by atoms with Gasteiger partial charge in [0.25, 0.3) is 0 Å². The fourth-order valence-electron chi connectivity index (χ4n) is 1.76. The minimum absolute atomic E-state index is 0.0828. The van der Waals surface area contributed by atoms with Crippen molar-refractivity contribution < 1.29 is 23.1 Å². The lowest BCUT2D eigenvalue weighted by molar-refractivity contribution is 0.217. The predicted molar refractivity (Wildman–Crippen MR) is 76.0 cm³/mol. The highest BCUT2D eigenvalue weighted by atomic mass is 31.2. The van der Waals surface area contributed by atoms with Gasteiger partial charge in [0.1, 0.15) is 11.9 Å². The Morgan fingerprint density at radius 2 is 1.95 bits per heavy atom. The number of phenolic OH excluding ortho intramolecular Hbond substituents is 1. The molecule has 0 unspecified atom stereocenters. The van der Waals surface area contributed by atoms with Gasteiger partial charge in [0.05, 0.1) is 13.2 Å². The number of hydrogen-bond donors (Lipinski definition) is 1. The average molecular weight is 312 g/mol. The van der Waals surface area contributed by atoms with Gasteiger partial charge >= 0.3 is 7.60 Å². The fourth-order valence-corrected chi connectivity index (χ4v) is 3.26. The van der Waals surface area contributed by atoms with Gasteiger partial charge in [-0.2, -0.15) is 0 Å². The molecule has 0 bridgehead atoms. The third-order valence-corrected chi connectivity index (χ3v) is 4.50. The number of aromatic hydroxyl groups is 1. The molecule has 2 rings (SSSR count). The van der Waals surface area contributed by atoms with Crippen molar-refractivity contribution in [1.82, 2.24) is 10.2 Å². The summed E-state index contributed by atoms with van der Waals surface area (Å²) in [6.07, 6.45) is -0.0828. The quantitative estimate of drug-likeness (QED) is 0.784. The summed E-state index contributed by atoms with van der Waals surface area (Å²) in [4.78, 5) is 0. The molecule has 0 atom stereocenters. The maximum absolute atomic E-state index is 12.4. The Morgan fingerprint density at radius 1 is 1.24 bits per heavy atom. The number of aromatic nitrogens is 2. The molecule has 1 aromatic heterocycles. The molecule has 0 fully saturated rings. The van der Waals surface area contributed by atoms with E-state index in [0.29, 0.717) is 5.56 Å². The highest BCUT2D eigenvalue weighted by molar-refractivity contribution is 7.52. The molecule has 0 saturated heterocycles. The third-order valence-electron chi connectivity index (χ3n) is 2.54. The van der Waals surface area contributed by atoms with Crippen molar-refractivity contribution in [2.45, 2.75) is 20.0 Å². The Hall–Kier alpha value is -1.69.